The second-order valence-electron chi connectivity index (χ2n) is 6.81. The lowest BCUT2D eigenvalue weighted by Gasteiger charge is -2.20. The number of hydrogen-bond acceptors (Lipinski definition) is 6. The van der Waals surface area contributed by atoms with Gasteiger partial charge in [0.15, 0.2) is 0 Å². The van der Waals surface area contributed by atoms with Crippen LogP contribution in [-0.2, 0) is 0 Å². The molecule has 29 heavy (non-hydrogen) atoms. The first kappa shape index (κ1) is 18.8. The van der Waals surface area contributed by atoms with E-state index in [-0.39, 0.29) is 0 Å². The van der Waals surface area contributed by atoms with E-state index in [1.165, 1.54) is 13.5 Å². The Bertz CT molecular complexity index is 1010. The zero-order valence-electron chi connectivity index (χ0n) is 16.3. The van der Waals surface area contributed by atoms with E-state index in [9.17, 15) is 4.79 Å². The third kappa shape index (κ3) is 4.16. The molecule has 0 spiro atoms. The summed E-state index contributed by atoms with van der Waals surface area (Å²) in [5.41, 5.74) is 1.92. The fourth-order valence-electron chi connectivity index (χ4n) is 3.10. The fourth-order valence-corrected chi connectivity index (χ4v) is 3.10. The molecule has 1 aliphatic carbocycles. The number of amides is 2. The Labute approximate surface area is 168 Å². The highest BCUT2D eigenvalue weighted by Gasteiger charge is 2.25. The van der Waals surface area contributed by atoms with Crippen LogP contribution in [0.3, 0.4) is 0 Å². The van der Waals surface area contributed by atoms with Crippen LogP contribution in [0.5, 0.6) is 11.5 Å². The molecule has 150 valence electrons. The number of carbonyl (C=O) groups excluding carboxylic acids is 1. The first-order valence-corrected chi connectivity index (χ1v) is 9.40. The van der Waals surface area contributed by atoms with Gasteiger partial charge in [0.2, 0.25) is 11.7 Å². The van der Waals surface area contributed by atoms with E-state index in [4.69, 9.17) is 14.0 Å². The molecule has 8 heteroatoms. The summed E-state index contributed by atoms with van der Waals surface area (Å²) in [7, 11) is 3.10. The lowest BCUT2D eigenvalue weighted by molar-refractivity contribution is 0.262. The van der Waals surface area contributed by atoms with Crippen molar-refractivity contribution < 1.29 is 18.8 Å². The number of anilines is 2. The SMILES string of the molecule is COc1ccc(NC(=O)Nc2cccc(-c3noc(C4CCC4)n3)c2)c(OC)c1. The van der Waals surface area contributed by atoms with Crippen LogP contribution in [0.2, 0.25) is 0 Å². The minimum absolute atomic E-state index is 0.378. The number of ether oxygens (including phenoxy) is 2. The van der Waals surface area contributed by atoms with Gasteiger partial charge in [0.25, 0.3) is 0 Å². The molecule has 3 aromatic rings. The molecule has 0 bridgehead atoms. The Kier molecular flexibility index (Phi) is 5.33. The van der Waals surface area contributed by atoms with Gasteiger partial charge >= 0.3 is 6.03 Å². The summed E-state index contributed by atoms with van der Waals surface area (Å²) in [5.74, 6) is 2.73. The summed E-state index contributed by atoms with van der Waals surface area (Å²) in [6.07, 6.45) is 3.40. The number of methoxy groups -OCH3 is 2. The maximum absolute atomic E-state index is 12.4. The van der Waals surface area contributed by atoms with Crippen molar-refractivity contribution in [1.29, 1.82) is 0 Å². The minimum Gasteiger partial charge on any atom is -0.497 e. The summed E-state index contributed by atoms with van der Waals surface area (Å²) >= 11 is 0. The molecule has 1 aromatic heterocycles. The Morgan fingerprint density at radius 3 is 2.69 bits per heavy atom. The number of benzene rings is 2. The number of urea groups is 1. The van der Waals surface area contributed by atoms with E-state index >= 15 is 0 Å². The van der Waals surface area contributed by atoms with E-state index < -0.39 is 6.03 Å². The molecule has 0 aliphatic heterocycles. The van der Waals surface area contributed by atoms with Crippen molar-refractivity contribution >= 4 is 17.4 Å². The first-order chi connectivity index (χ1) is 14.2. The second kappa shape index (κ2) is 8.22. The summed E-state index contributed by atoms with van der Waals surface area (Å²) < 4.78 is 15.9. The van der Waals surface area contributed by atoms with Gasteiger partial charge in [-0.3, -0.25) is 0 Å². The molecule has 2 aromatic carbocycles. The summed E-state index contributed by atoms with van der Waals surface area (Å²) in [4.78, 5) is 16.9. The smallest absolute Gasteiger partial charge is 0.323 e. The highest BCUT2D eigenvalue weighted by molar-refractivity contribution is 6.01. The van der Waals surface area contributed by atoms with Crippen LogP contribution in [-0.4, -0.2) is 30.4 Å². The Hall–Kier alpha value is -3.55. The molecule has 1 heterocycles. The van der Waals surface area contributed by atoms with Crippen LogP contribution in [0, 0.1) is 0 Å². The number of hydrogen-bond donors (Lipinski definition) is 2. The van der Waals surface area contributed by atoms with Gasteiger partial charge in [0.1, 0.15) is 11.5 Å². The number of aromatic nitrogens is 2. The van der Waals surface area contributed by atoms with Crippen molar-refractivity contribution in [2.45, 2.75) is 25.2 Å². The molecule has 1 fully saturated rings. The van der Waals surface area contributed by atoms with Gasteiger partial charge in [-0.1, -0.05) is 23.7 Å². The second-order valence-corrected chi connectivity index (χ2v) is 6.81. The Morgan fingerprint density at radius 1 is 1.10 bits per heavy atom. The van der Waals surface area contributed by atoms with Crippen molar-refractivity contribution in [1.82, 2.24) is 10.1 Å². The molecule has 0 saturated heterocycles. The summed E-state index contributed by atoms with van der Waals surface area (Å²) in [6.45, 7) is 0. The van der Waals surface area contributed by atoms with Crippen LogP contribution in [0.1, 0.15) is 31.1 Å². The van der Waals surface area contributed by atoms with Crippen molar-refractivity contribution in [2.75, 3.05) is 24.9 Å². The number of rotatable bonds is 6. The van der Waals surface area contributed by atoms with Gasteiger partial charge in [-0.05, 0) is 37.1 Å². The average molecular weight is 394 g/mol. The molecular weight excluding hydrogens is 372 g/mol. The minimum atomic E-state index is -0.395. The predicted octanol–water partition coefficient (Wildman–Crippen LogP) is 4.67. The van der Waals surface area contributed by atoms with Gasteiger partial charge in [0, 0.05) is 23.2 Å². The standard InChI is InChI=1S/C21H22N4O4/c1-27-16-9-10-17(18(12-16)28-2)23-21(26)22-15-8-4-7-14(11-15)19-24-20(29-25-19)13-5-3-6-13/h4,7-13H,3,5-6H2,1-2H3,(H2,22,23,26). The van der Waals surface area contributed by atoms with E-state index in [2.05, 4.69) is 20.8 Å². The van der Waals surface area contributed by atoms with E-state index in [1.807, 2.05) is 12.1 Å². The predicted molar refractivity (Wildman–Crippen MR) is 109 cm³/mol. The molecule has 0 atom stereocenters. The fraction of sp³-hybridized carbons (Fsp3) is 0.286. The molecule has 1 aliphatic rings. The normalized spacial score (nSPS) is 13.4. The molecule has 2 N–H and O–H groups in total. The molecule has 1 saturated carbocycles. The molecule has 0 radical (unpaired) electrons. The maximum atomic E-state index is 12.4. The van der Waals surface area contributed by atoms with Gasteiger partial charge in [-0.25, -0.2) is 4.79 Å². The maximum Gasteiger partial charge on any atom is 0.323 e. The number of nitrogens with one attached hydrogen (secondary N) is 2. The Morgan fingerprint density at radius 2 is 1.97 bits per heavy atom. The molecule has 0 unspecified atom stereocenters. The van der Waals surface area contributed by atoms with Gasteiger partial charge < -0.3 is 24.6 Å². The highest BCUT2D eigenvalue weighted by atomic mass is 16.5. The van der Waals surface area contributed by atoms with Gasteiger partial charge in [-0.2, -0.15) is 4.98 Å². The van der Waals surface area contributed by atoms with Gasteiger partial charge in [-0.15, -0.1) is 0 Å². The average Bonchev–Trinajstić information content (AvgIpc) is 3.16. The third-order valence-corrected chi connectivity index (χ3v) is 4.93. The molecule has 2 amide bonds. The molecule has 4 rings (SSSR count). The first-order valence-electron chi connectivity index (χ1n) is 9.40. The number of carbonyl (C=O) groups is 1. The van der Waals surface area contributed by atoms with Crippen LogP contribution < -0.4 is 20.1 Å². The lowest BCUT2D eigenvalue weighted by atomic mass is 9.85. The summed E-state index contributed by atoms with van der Waals surface area (Å²) in [6, 6.07) is 12.1. The highest BCUT2D eigenvalue weighted by Crippen LogP contribution is 2.36. The topological polar surface area (TPSA) is 98.5 Å². The summed E-state index contributed by atoms with van der Waals surface area (Å²) in [5, 5.41) is 9.66. The molecular formula is C21H22N4O4. The van der Waals surface area contributed by atoms with Crippen molar-refractivity contribution in [2.24, 2.45) is 0 Å². The van der Waals surface area contributed by atoms with Crippen molar-refractivity contribution in [3.63, 3.8) is 0 Å². The van der Waals surface area contributed by atoms with E-state index in [0.717, 1.165) is 18.4 Å². The van der Waals surface area contributed by atoms with Crippen LogP contribution in [0.15, 0.2) is 47.0 Å². The zero-order chi connectivity index (χ0) is 20.2. The largest absolute Gasteiger partial charge is 0.497 e. The monoisotopic (exact) mass is 394 g/mol. The van der Waals surface area contributed by atoms with Crippen LogP contribution in [0.25, 0.3) is 11.4 Å². The van der Waals surface area contributed by atoms with Crippen LogP contribution >= 0.6 is 0 Å². The van der Waals surface area contributed by atoms with Crippen molar-refractivity contribution in [3.8, 4) is 22.9 Å². The lowest BCUT2D eigenvalue weighted by Crippen LogP contribution is -2.19. The number of nitrogens with zero attached hydrogens (tertiary/aromatic N) is 2. The quantitative estimate of drug-likeness (QED) is 0.631. The zero-order valence-corrected chi connectivity index (χ0v) is 16.3. The van der Waals surface area contributed by atoms with E-state index in [1.54, 1.807) is 37.4 Å². The van der Waals surface area contributed by atoms with Crippen LogP contribution in [0.4, 0.5) is 16.2 Å². The van der Waals surface area contributed by atoms with Gasteiger partial charge in [0.05, 0.1) is 19.9 Å². The Balaban J connectivity index is 1.45. The van der Waals surface area contributed by atoms with Crippen molar-refractivity contribution in [3.05, 3.63) is 48.4 Å². The molecule has 8 nitrogen and oxygen atoms in total. The third-order valence-electron chi connectivity index (χ3n) is 4.93. The van der Waals surface area contributed by atoms with E-state index in [0.29, 0.717) is 40.5 Å².